The van der Waals surface area contributed by atoms with Gasteiger partial charge in [-0.25, -0.2) is 4.98 Å². The first-order valence-corrected chi connectivity index (χ1v) is 4.53. The molecule has 0 amide bonds. The van der Waals surface area contributed by atoms with Crippen molar-refractivity contribution < 1.29 is 0 Å². The van der Waals surface area contributed by atoms with Crippen LogP contribution in [0.2, 0.25) is 0 Å². The van der Waals surface area contributed by atoms with Gasteiger partial charge in [-0.2, -0.15) is 5.26 Å². The number of nitriles is 1. The van der Waals surface area contributed by atoms with Crippen molar-refractivity contribution in [2.75, 3.05) is 0 Å². The van der Waals surface area contributed by atoms with Gasteiger partial charge in [-0.05, 0) is 28.1 Å². The van der Waals surface area contributed by atoms with E-state index in [1.54, 1.807) is 6.07 Å². The molecule has 13 heavy (non-hydrogen) atoms. The van der Waals surface area contributed by atoms with E-state index in [2.05, 4.69) is 20.9 Å². The summed E-state index contributed by atoms with van der Waals surface area (Å²) in [6.07, 6.45) is 1.93. The maximum absolute atomic E-state index is 8.66. The van der Waals surface area contributed by atoms with Gasteiger partial charge >= 0.3 is 0 Å². The zero-order valence-corrected chi connectivity index (χ0v) is 8.54. The molecule has 0 aromatic carbocycles. The number of halogens is 1. The first-order chi connectivity index (χ1) is 6.22. The van der Waals surface area contributed by atoms with Crippen molar-refractivity contribution in [2.24, 2.45) is 7.05 Å². The molecule has 0 spiro atoms. The normalized spacial score (nSPS) is 10.2. The van der Waals surface area contributed by atoms with Gasteiger partial charge in [0.05, 0.1) is 0 Å². The molecule has 0 aliphatic heterocycles. The molecule has 2 heterocycles. The van der Waals surface area contributed by atoms with Crippen LogP contribution in [0.15, 0.2) is 22.8 Å². The topological polar surface area (TPSA) is 41.6 Å². The van der Waals surface area contributed by atoms with E-state index >= 15 is 0 Å². The summed E-state index contributed by atoms with van der Waals surface area (Å²) in [6.45, 7) is 0. The van der Waals surface area contributed by atoms with E-state index in [1.165, 1.54) is 0 Å². The lowest BCUT2D eigenvalue weighted by Crippen LogP contribution is -1.89. The molecule has 0 saturated carbocycles. The quantitative estimate of drug-likeness (QED) is 0.703. The van der Waals surface area contributed by atoms with Crippen LogP contribution in [0, 0.1) is 11.3 Å². The molecule has 0 saturated heterocycles. The monoisotopic (exact) mass is 235 g/mol. The molecular weight excluding hydrogens is 230 g/mol. The SMILES string of the molecule is Cn1cc(Br)c2ccc(C#N)nc21. The number of hydrogen-bond donors (Lipinski definition) is 0. The molecule has 0 aliphatic carbocycles. The van der Waals surface area contributed by atoms with Crippen LogP contribution in [0.25, 0.3) is 11.0 Å². The fourth-order valence-electron chi connectivity index (χ4n) is 1.27. The van der Waals surface area contributed by atoms with Gasteiger partial charge in [0.2, 0.25) is 0 Å². The van der Waals surface area contributed by atoms with Gasteiger partial charge in [-0.15, -0.1) is 0 Å². The standard InChI is InChI=1S/C9H6BrN3/c1-13-5-8(10)7-3-2-6(4-11)12-9(7)13/h2-3,5H,1H3. The van der Waals surface area contributed by atoms with E-state index in [0.717, 1.165) is 15.5 Å². The summed E-state index contributed by atoms with van der Waals surface area (Å²) in [6, 6.07) is 5.63. The van der Waals surface area contributed by atoms with Crippen LogP contribution in [0.5, 0.6) is 0 Å². The molecule has 0 atom stereocenters. The minimum absolute atomic E-state index is 0.446. The Morgan fingerprint density at radius 3 is 3.00 bits per heavy atom. The summed E-state index contributed by atoms with van der Waals surface area (Å²) >= 11 is 3.42. The second-order valence-corrected chi connectivity index (χ2v) is 3.62. The number of rotatable bonds is 0. The van der Waals surface area contributed by atoms with Crippen molar-refractivity contribution >= 4 is 27.0 Å². The van der Waals surface area contributed by atoms with Gasteiger partial charge in [0.15, 0.2) is 0 Å². The third kappa shape index (κ3) is 1.21. The number of nitrogens with zero attached hydrogens (tertiary/aromatic N) is 3. The summed E-state index contributed by atoms with van der Waals surface area (Å²) in [5.41, 5.74) is 1.27. The summed E-state index contributed by atoms with van der Waals surface area (Å²) in [5, 5.41) is 9.69. The van der Waals surface area contributed by atoms with E-state index in [1.807, 2.05) is 29.9 Å². The molecule has 2 aromatic rings. The minimum atomic E-state index is 0.446. The fraction of sp³-hybridized carbons (Fsp3) is 0.111. The molecule has 0 bridgehead atoms. The Hall–Kier alpha value is -1.34. The second-order valence-electron chi connectivity index (χ2n) is 2.77. The highest BCUT2D eigenvalue weighted by Gasteiger charge is 2.05. The Morgan fingerprint density at radius 2 is 2.31 bits per heavy atom. The summed E-state index contributed by atoms with van der Waals surface area (Å²) in [4.78, 5) is 4.19. The zero-order valence-electron chi connectivity index (χ0n) is 6.95. The van der Waals surface area contributed by atoms with E-state index in [9.17, 15) is 0 Å². The maximum Gasteiger partial charge on any atom is 0.142 e. The largest absolute Gasteiger partial charge is 0.334 e. The lowest BCUT2D eigenvalue weighted by atomic mass is 10.3. The van der Waals surface area contributed by atoms with Crippen molar-refractivity contribution in [3.8, 4) is 6.07 Å². The molecule has 3 nitrogen and oxygen atoms in total. The Kier molecular flexibility index (Phi) is 1.82. The number of hydrogen-bond acceptors (Lipinski definition) is 2. The second kappa shape index (κ2) is 2.86. The molecule has 0 N–H and O–H groups in total. The van der Waals surface area contributed by atoms with Crippen molar-refractivity contribution in [3.05, 3.63) is 28.5 Å². The first kappa shape index (κ1) is 8.27. The predicted molar refractivity (Wildman–Crippen MR) is 53.1 cm³/mol. The average Bonchev–Trinajstić information content (AvgIpc) is 2.42. The number of pyridine rings is 1. The summed E-state index contributed by atoms with van der Waals surface area (Å²) in [5.74, 6) is 0. The third-order valence-electron chi connectivity index (χ3n) is 1.89. The van der Waals surface area contributed by atoms with Crippen LogP contribution >= 0.6 is 15.9 Å². The van der Waals surface area contributed by atoms with Gasteiger partial charge in [0, 0.05) is 23.1 Å². The van der Waals surface area contributed by atoms with Gasteiger partial charge in [0.1, 0.15) is 17.4 Å². The van der Waals surface area contributed by atoms with Crippen LogP contribution in [-0.4, -0.2) is 9.55 Å². The van der Waals surface area contributed by atoms with Crippen LogP contribution in [-0.2, 0) is 7.05 Å². The highest BCUT2D eigenvalue weighted by Crippen LogP contribution is 2.23. The van der Waals surface area contributed by atoms with E-state index in [-0.39, 0.29) is 0 Å². The minimum Gasteiger partial charge on any atom is -0.334 e. The van der Waals surface area contributed by atoms with E-state index in [4.69, 9.17) is 5.26 Å². The third-order valence-corrected chi connectivity index (χ3v) is 2.52. The Morgan fingerprint density at radius 1 is 1.54 bits per heavy atom. The van der Waals surface area contributed by atoms with Crippen molar-refractivity contribution in [3.63, 3.8) is 0 Å². The van der Waals surface area contributed by atoms with Gasteiger partial charge < -0.3 is 4.57 Å². The maximum atomic E-state index is 8.66. The van der Waals surface area contributed by atoms with E-state index in [0.29, 0.717) is 5.69 Å². The average molecular weight is 236 g/mol. The molecular formula is C9H6BrN3. The lowest BCUT2D eigenvalue weighted by molar-refractivity contribution is 0.944. The molecule has 0 fully saturated rings. The Labute approximate surface area is 83.7 Å². The molecule has 4 heteroatoms. The molecule has 0 radical (unpaired) electrons. The number of fused-ring (bicyclic) bond motifs is 1. The van der Waals surface area contributed by atoms with Crippen molar-refractivity contribution in [1.82, 2.24) is 9.55 Å². The lowest BCUT2D eigenvalue weighted by Gasteiger charge is -1.94. The molecule has 2 aromatic heterocycles. The van der Waals surface area contributed by atoms with Crippen molar-refractivity contribution in [1.29, 1.82) is 5.26 Å². The fourth-order valence-corrected chi connectivity index (χ4v) is 1.88. The zero-order chi connectivity index (χ0) is 9.42. The highest BCUT2D eigenvalue weighted by molar-refractivity contribution is 9.10. The first-order valence-electron chi connectivity index (χ1n) is 3.74. The van der Waals surface area contributed by atoms with Crippen molar-refractivity contribution in [2.45, 2.75) is 0 Å². The predicted octanol–water partition coefficient (Wildman–Crippen LogP) is 2.21. The smallest absolute Gasteiger partial charge is 0.142 e. The van der Waals surface area contributed by atoms with Crippen LogP contribution in [0.3, 0.4) is 0 Å². The van der Waals surface area contributed by atoms with Crippen LogP contribution in [0.1, 0.15) is 5.69 Å². The van der Waals surface area contributed by atoms with Gasteiger partial charge in [-0.1, -0.05) is 0 Å². The summed E-state index contributed by atoms with van der Waals surface area (Å²) < 4.78 is 2.89. The molecule has 64 valence electrons. The number of aromatic nitrogens is 2. The molecule has 0 aliphatic rings. The Bertz CT molecular complexity index is 507. The Balaban J connectivity index is 2.86. The van der Waals surface area contributed by atoms with Gasteiger partial charge in [-0.3, -0.25) is 0 Å². The summed E-state index contributed by atoms with van der Waals surface area (Å²) in [7, 11) is 1.90. The molecule has 0 unspecified atom stereocenters. The van der Waals surface area contributed by atoms with Crippen LogP contribution < -0.4 is 0 Å². The number of aryl methyl sites for hydroxylation is 1. The van der Waals surface area contributed by atoms with Crippen LogP contribution in [0.4, 0.5) is 0 Å². The van der Waals surface area contributed by atoms with Gasteiger partial charge in [0.25, 0.3) is 0 Å². The molecule has 2 rings (SSSR count). The van der Waals surface area contributed by atoms with E-state index < -0.39 is 0 Å². The highest BCUT2D eigenvalue weighted by atomic mass is 79.9.